The van der Waals surface area contributed by atoms with Crippen LogP contribution in [-0.2, 0) is 30.0 Å². The Morgan fingerprint density at radius 1 is 1.38 bits per heavy atom. The molecule has 114 valence electrons. The normalized spacial score (nSPS) is 11.6. The fraction of sp³-hybridized carbons (Fsp3) is 0.308. The number of nitrogen functional groups attached to an aromatic ring is 1. The Kier molecular flexibility index (Phi) is 4.19. The van der Waals surface area contributed by atoms with Crippen LogP contribution in [-0.4, -0.2) is 18.2 Å². The fourth-order valence-corrected chi connectivity index (χ4v) is 2.65. The summed E-state index contributed by atoms with van der Waals surface area (Å²) >= 11 is 0. The van der Waals surface area contributed by atoms with Crippen molar-refractivity contribution in [3.63, 3.8) is 0 Å². The summed E-state index contributed by atoms with van der Waals surface area (Å²) in [4.78, 5) is 0.00109. The summed E-state index contributed by atoms with van der Waals surface area (Å²) in [5.41, 5.74) is 8.95. The quantitative estimate of drug-likeness (QED) is 0.707. The van der Waals surface area contributed by atoms with Crippen molar-refractivity contribution in [2.45, 2.75) is 24.8 Å². The Bertz CT molecular complexity index is 752. The third kappa shape index (κ3) is 3.53. The highest BCUT2D eigenvalue weighted by Gasteiger charge is 2.11. The van der Waals surface area contributed by atoms with E-state index >= 15 is 0 Å². The second-order valence-electron chi connectivity index (χ2n) is 4.78. The average molecular weight is 309 g/mol. The van der Waals surface area contributed by atoms with Gasteiger partial charge in [-0.25, -0.2) is 13.6 Å². The lowest BCUT2D eigenvalue weighted by Gasteiger charge is -2.10. The molecule has 8 heteroatoms. The number of rotatable bonds is 5. The molecular weight excluding hydrogens is 290 g/mol. The number of anilines is 2. The molecule has 0 amide bonds. The maximum absolute atomic E-state index is 11.3. The van der Waals surface area contributed by atoms with Gasteiger partial charge >= 0.3 is 0 Å². The topological polar surface area (TPSA) is 116 Å². The van der Waals surface area contributed by atoms with E-state index in [1.165, 1.54) is 12.1 Å². The predicted octanol–water partition coefficient (Wildman–Crippen LogP) is 0.824. The van der Waals surface area contributed by atoms with Crippen LogP contribution in [0.4, 0.5) is 11.4 Å². The lowest BCUT2D eigenvalue weighted by atomic mass is 10.2. The summed E-state index contributed by atoms with van der Waals surface area (Å²) in [6.45, 7) is 2.61. The van der Waals surface area contributed by atoms with Gasteiger partial charge in [0.25, 0.3) is 0 Å². The molecule has 21 heavy (non-hydrogen) atoms. The highest BCUT2D eigenvalue weighted by molar-refractivity contribution is 7.89. The highest BCUT2D eigenvalue weighted by Crippen LogP contribution is 2.23. The maximum Gasteiger partial charge on any atom is 0.238 e. The minimum absolute atomic E-state index is 0.00109. The SMILES string of the molecule is CCc1nn(C)cc1CNc1ccc(S(N)(=O)=O)cc1N. The van der Waals surface area contributed by atoms with Crippen molar-refractivity contribution >= 4 is 21.4 Å². The number of nitrogens with zero attached hydrogens (tertiary/aromatic N) is 2. The van der Waals surface area contributed by atoms with Crippen LogP contribution in [0.3, 0.4) is 0 Å². The standard InChI is InChI=1S/C13H19N5O2S/c1-3-12-9(8-18(2)17-12)7-16-13-5-4-10(6-11(13)14)21(15,19)20/h4-6,8,16H,3,7,14H2,1-2H3,(H2,15,19,20). The van der Waals surface area contributed by atoms with Crippen LogP contribution in [0.25, 0.3) is 0 Å². The van der Waals surface area contributed by atoms with Gasteiger partial charge in [0.1, 0.15) is 0 Å². The molecule has 0 aliphatic carbocycles. The Hall–Kier alpha value is -2.06. The molecule has 1 aromatic carbocycles. The van der Waals surface area contributed by atoms with Crippen LogP contribution in [0.2, 0.25) is 0 Å². The van der Waals surface area contributed by atoms with Gasteiger partial charge < -0.3 is 11.1 Å². The number of nitrogens with two attached hydrogens (primary N) is 2. The van der Waals surface area contributed by atoms with E-state index in [4.69, 9.17) is 10.9 Å². The molecule has 0 fully saturated rings. The molecule has 0 spiro atoms. The Balaban J connectivity index is 2.17. The van der Waals surface area contributed by atoms with E-state index in [1.807, 2.05) is 20.2 Å². The zero-order chi connectivity index (χ0) is 15.6. The first-order valence-electron chi connectivity index (χ1n) is 6.49. The van der Waals surface area contributed by atoms with Gasteiger partial charge in [-0.05, 0) is 24.6 Å². The first-order chi connectivity index (χ1) is 9.81. The molecule has 0 aliphatic rings. The van der Waals surface area contributed by atoms with Gasteiger partial charge in [-0.1, -0.05) is 6.92 Å². The second-order valence-corrected chi connectivity index (χ2v) is 6.34. The number of nitrogens with one attached hydrogen (secondary N) is 1. The van der Waals surface area contributed by atoms with Gasteiger partial charge in [-0.2, -0.15) is 5.10 Å². The summed E-state index contributed by atoms with van der Waals surface area (Å²) in [5.74, 6) is 0. The zero-order valence-electron chi connectivity index (χ0n) is 12.0. The van der Waals surface area contributed by atoms with Crippen LogP contribution in [0.5, 0.6) is 0 Å². The molecule has 0 atom stereocenters. The van der Waals surface area contributed by atoms with E-state index in [1.54, 1.807) is 10.7 Å². The minimum Gasteiger partial charge on any atom is -0.397 e. The van der Waals surface area contributed by atoms with E-state index in [9.17, 15) is 8.42 Å². The van der Waals surface area contributed by atoms with Crippen molar-refractivity contribution in [2.75, 3.05) is 11.1 Å². The smallest absolute Gasteiger partial charge is 0.238 e. The summed E-state index contributed by atoms with van der Waals surface area (Å²) in [5, 5.41) is 12.6. The van der Waals surface area contributed by atoms with E-state index in [-0.39, 0.29) is 4.90 Å². The largest absolute Gasteiger partial charge is 0.397 e. The molecular formula is C13H19N5O2S. The minimum atomic E-state index is -3.74. The predicted molar refractivity (Wildman–Crippen MR) is 82.1 cm³/mol. The number of benzene rings is 1. The Morgan fingerprint density at radius 3 is 2.67 bits per heavy atom. The van der Waals surface area contributed by atoms with Gasteiger partial charge in [0.2, 0.25) is 10.0 Å². The molecule has 5 N–H and O–H groups in total. The van der Waals surface area contributed by atoms with Crippen LogP contribution in [0, 0.1) is 0 Å². The molecule has 2 aromatic rings. The van der Waals surface area contributed by atoms with Crippen molar-refractivity contribution in [2.24, 2.45) is 12.2 Å². The summed E-state index contributed by atoms with van der Waals surface area (Å²) in [7, 11) is -1.86. The maximum atomic E-state index is 11.3. The van der Waals surface area contributed by atoms with E-state index < -0.39 is 10.0 Å². The average Bonchev–Trinajstić information content (AvgIpc) is 2.76. The lowest BCUT2D eigenvalue weighted by molar-refractivity contribution is 0.598. The van der Waals surface area contributed by atoms with Crippen molar-refractivity contribution in [1.29, 1.82) is 0 Å². The molecule has 0 bridgehead atoms. The van der Waals surface area contributed by atoms with Crippen LogP contribution < -0.4 is 16.2 Å². The first-order valence-corrected chi connectivity index (χ1v) is 8.03. The molecule has 1 aromatic heterocycles. The third-order valence-corrected chi connectivity index (χ3v) is 4.06. The lowest BCUT2D eigenvalue weighted by Crippen LogP contribution is -2.13. The van der Waals surface area contributed by atoms with Crippen LogP contribution >= 0.6 is 0 Å². The number of aryl methyl sites for hydroxylation is 2. The fourth-order valence-electron chi connectivity index (χ4n) is 2.10. The van der Waals surface area contributed by atoms with Crippen LogP contribution in [0.15, 0.2) is 29.3 Å². The molecule has 2 rings (SSSR count). The number of hydrogen-bond acceptors (Lipinski definition) is 5. The van der Waals surface area contributed by atoms with Crippen molar-refractivity contribution in [3.8, 4) is 0 Å². The second kappa shape index (κ2) is 5.74. The van der Waals surface area contributed by atoms with Crippen molar-refractivity contribution < 1.29 is 8.42 Å². The first kappa shape index (κ1) is 15.3. The van der Waals surface area contributed by atoms with E-state index in [0.717, 1.165) is 17.7 Å². The number of sulfonamides is 1. The number of hydrogen-bond donors (Lipinski definition) is 3. The molecule has 1 heterocycles. The molecule has 7 nitrogen and oxygen atoms in total. The van der Waals surface area contributed by atoms with E-state index in [0.29, 0.717) is 17.9 Å². The summed E-state index contributed by atoms with van der Waals surface area (Å²) in [6.07, 6.45) is 2.79. The monoisotopic (exact) mass is 309 g/mol. The van der Waals surface area contributed by atoms with Gasteiger partial charge in [0, 0.05) is 25.4 Å². The summed E-state index contributed by atoms with van der Waals surface area (Å²) < 4.78 is 24.3. The third-order valence-electron chi connectivity index (χ3n) is 3.15. The van der Waals surface area contributed by atoms with Gasteiger partial charge in [-0.3, -0.25) is 4.68 Å². The Morgan fingerprint density at radius 2 is 2.10 bits per heavy atom. The Labute approximate surface area is 124 Å². The molecule has 0 radical (unpaired) electrons. The van der Waals surface area contributed by atoms with Gasteiger partial charge in [0.05, 0.1) is 22.0 Å². The van der Waals surface area contributed by atoms with Gasteiger partial charge in [-0.15, -0.1) is 0 Å². The van der Waals surface area contributed by atoms with E-state index in [2.05, 4.69) is 10.4 Å². The highest BCUT2D eigenvalue weighted by atomic mass is 32.2. The van der Waals surface area contributed by atoms with Crippen molar-refractivity contribution in [1.82, 2.24) is 9.78 Å². The molecule has 0 aliphatic heterocycles. The van der Waals surface area contributed by atoms with Crippen LogP contribution in [0.1, 0.15) is 18.2 Å². The van der Waals surface area contributed by atoms with Gasteiger partial charge in [0.15, 0.2) is 0 Å². The molecule has 0 saturated heterocycles. The molecule has 0 saturated carbocycles. The number of aromatic nitrogens is 2. The number of primary sulfonamides is 1. The van der Waals surface area contributed by atoms with Crippen molar-refractivity contribution in [3.05, 3.63) is 35.7 Å². The molecule has 0 unspecified atom stereocenters. The zero-order valence-corrected chi connectivity index (χ0v) is 12.8. The summed E-state index contributed by atoms with van der Waals surface area (Å²) in [6, 6.07) is 4.39.